The number of hydrogen-bond donors (Lipinski definition) is 2. The predicted octanol–water partition coefficient (Wildman–Crippen LogP) is 4.57. The fourth-order valence-corrected chi connectivity index (χ4v) is 4.31. The molecule has 0 aliphatic rings. The number of carbonyl (C=O) groups excluding carboxylic acids is 3. The van der Waals surface area contributed by atoms with Crippen molar-refractivity contribution in [3.63, 3.8) is 0 Å². The number of esters is 1. The van der Waals surface area contributed by atoms with E-state index in [1.165, 1.54) is 12.5 Å². The Morgan fingerprint density at radius 2 is 1.74 bits per heavy atom. The number of aromatic nitrogens is 1. The van der Waals surface area contributed by atoms with E-state index in [-0.39, 0.29) is 0 Å². The number of anilines is 1. The SMILES string of the molecule is Cc1ccc2nc(-c3ccc(NC(=O)COC(=O)[C@@H](C)NC(=O)c4ccccc4)cc3)sc2c1. The summed E-state index contributed by atoms with van der Waals surface area (Å²) in [6.45, 7) is 3.10. The van der Waals surface area contributed by atoms with Crippen LogP contribution in [0.15, 0.2) is 72.8 Å². The number of hydrogen-bond acceptors (Lipinski definition) is 6. The summed E-state index contributed by atoms with van der Waals surface area (Å²) in [5, 5.41) is 6.15. The Hall–Kier alpha value is -4.04. The lowest BCUT2D eigenvalue weighted by atomic mass is 10.2. The van der Waals surface area contributed by atoms with Crippen LogP contribution in [-0.2, 0) is 14.3 Å². The Balaban J connectivity index is 1.28. The van der Waals surface area contributed by atoms with E-state index in [9.17, 15) is 14.4 Å². The Labute approximate surface area is 200 Å². The van der Waals surface area contributed by atoms with Gasteiger partial charge in [0, 0.05) is 16.8 Å². The molecule has 4 rings (SSSR count). The molecule has 2 amide bonds. The third-order valence-corrected chi connectivity index (χ3v) is 6.11. The van der Waals surface area contributed by atoms with Gasteiger partial charge in [0.05, 0.1) is 10.2 Å². The molecule has 0 saturated heterocycles. The first-order valence-electron chi connectivity index (χ1n) is 10.7. The molecule has 1 aromatic heterocycles. The van der Waals surface area contributed by atoms with Crippen LogP contribution in [0.4, 0.5) is 5.69 Å². The Morgan fingerprint density at radius 3 is 2.47 bits per heavy atom. The van der Waals surface area contributed by atoms with Crippen LogP contribution in [0.1, 0.15) is 22.8 Å². The molecular formula is C26H23N3O4S. The van der Waals surface area contributed by atoms with Gasteiger partial charge in [0.15, 0.2) is 6.61 Å². The topological polar surface area (TPSA) is 97.4 Å². The molecule has 172 valence electrons. The smallest absolute Gasteiger partial charge is 0.328 e. The maximum absolute atomic E-state index is 12.2. The lowest BCUT2D eigenvalue weighted by Gasteiger charge is -2.13. The summed E-state index contributed by atoms with van der Waals surface area (Å²) in [5.74, 6) is -1.56. The lowest BCUT2D eigenvalue weighted by Crippen LogP contribution is -2.40. The predicted molar refractivity (Wildman–Crippen MR) is 133 cm³/mol. The van der Waals surface area contributed by atoms with Crippen molar-refractivity contribution in [1.82, 2.24) is 10.3 Å². The number of carbonyl (C=O) groups is 3. The first-order valence-corrected chi connectivity index (χ1v) is 11.5. The summed E-state index contributed by atoms with van der Waals surface area (Å²) >= 11 is 1.62. The van der Waals surface area contributed by atoms with E-state index < -0.39 is 30.4 Å². The minimum Gasteiger partial charge on any atom is -0.454 e. The summed E-state index contributed by atoms with van der Waals surface area (Å²) in [4.78, 5) is 41.1. The van der Waals surface area contributed by atoms with E-state index >= 15 is 0 Å². The van der Waals surface area contributed by atoms with Crippen molar-refractivity contribution in [2.24, 2.45) is 0 Å². The monoisotopic (exact) mass is 473 g/mol. The van der Waals surface area contributed by atoms with Gasteiger partial charge in [0.25, 0.3) is 11.8 Å². The van der Waals surface area contributed by atoms with E-state index in [1.807, 2.05) is 24.3 Å². The number of rotatable bonds is 7. The standard InChI is InChI=1S/C26H23N3O4S/c1-16-8-13-21-22(14-16)34-25(29-21)19-9-11-20(12-10-19)28-23(30)15-33-26(32)17(2)27-24(31)18-6-4-3-5-7-18/h3-14,17H,15H2,1-2H3,(H,27,31)(H,28,30)/t17-/m1/s1. The molecule has 0 spiro atoms. The van der Waals surface area contributed by atoms with Gasteiger partial charge in [-0.05, 0) is 67.9 Å². The molecule has 0 fully saturated rings. The molecule has 1 atom stereocenters. The second-order valence-electron chi connectivity index (χ2n) is 7.78. The fraction of sp³-hybridized carbons (Fsp3) is 0.154. The van der Waals surface area contributed by atoms with Crippen molar-refractivity contribution >= 4 is 45.0 Å². The molecule has 0 aliphatic carbocycles. The number of ether oxygens (including phenoxy) is 1. The molecule has 0 radical (unpaired) electrons. The van der Waals surface area contributed by atoms with Crippen molar-refractivity contribution in [3.8, 4) is 10.6 Å². The van der Waals surface area contributed by atoms with E-state index in [2.05, 4.69) is 28.6 Å². The highest BCUT2D eigenvalue weighted by atomic mass is 32.1. The number of thiazole rings is 1. The van der Waals surface area contributed by atoms with Crippen LogP contribution < -0.4 is 10.6 Å². The lowest BCUT2D eigenvalue weighted by molar-refractivity contribution is -0.148. The molecule has 0 aliphatic heterocycles. The Morgan fingerprint density at radius 1 is 1.00 bits per heavy atom. The van der Waals surface area contributed by atoms with Gasteiger partial charge in [-0.2, -0.15) is 0 Å². The number of benzene rings is 3. The second kappa shape index (κ2) is 10.3. The molecule has 7 nitrogen and oxygen atoms in total. The van der Waals surface area contributed by atoms with Crippen LogP contribution in [-0.4, -0.2) is 35.4 Å². The summed E-state index contributed by atoms with van der Waals surface area (Å²) in [7, 11) is 0. The van der Waals surface area contributed by atoms with Crippen LogP contribution in [0.5, 0.6) is 0 Å². The number of aryl methyl sites for hydroxylation is 1. The number of amides is 2. The van der Waals surface area contributed by atoms with Gasteiger partial charge in [-0.15, -0.1) is 11.3 Å². The molecule has 4 aromatic rings. The van der Waals surface area contributed by atoms with Crippen molar-refractivity contribution in [2.75, 3.05) is 11.9 Å². The third kappa shape index (κ3) is 5.65. The van der Waals surface area contributed by atoms with Gasteiger partial charge >= 0.3 is 5.97 Å². The molecule has 0 saturated carbocycles. The van der Waals surface area contributed by atoms with Crippen molar-refractivity contribution < 1.29 is 19.1 Å². The average molecular weight is 474 g/mol. The van der Waals surface area contributed by atoms with Crippen LogP contribution in [0.2, 0.25) is 0 Å². The van der Waals surface area contributed by atoms with Crippen molar-refractivity contribution in [3.05, 3.63) is 83.9 Å². The summed E-state index contributed by atoms with van der Waals surface area (Å²) in [6.07, 6.45) is 0. The summed E-state index contributed by atoms with van der Waals surface area (Å²) in [6, 6.07) is 21.1. The van der Waals surface area contributed by atoms with Crippen molar-refractivity contribution in [1.29, 1.82) is 0 Å². The molecule has 0 bridgehead atoms. The highest BCUT2D eigenvalue weighted by Crippen LogP contribution is 2.31. The largest absolute Gasteiger partial charge is 0.454 e. The zero-order chi connectivity index (χ0) is 24.1. The van der Waals surface area contributed by atoms with E-state index in [0.717, 1.165) is 20.8 Å². The van der Waals surface area contributed by atoms with Crippen LogP contribution in [0.3, 0.4) is 0 Å². The number of nitrogens with one attached hydrogen (secondary N) is 2. The van der Waals surface area contributed by atoms with Crippen LogP contribution in [0.25, 0.3) is 20.8 Å². The molecule has 8 heteroatoms. The first-order chi connectivity index (χ1) is 16.4. The van der Waals surface area contributed by atoms with Gasteiger partial charge in [-0.1, -0.05) is 24.3 Å². The molecular weight excluding hydrogens is 450 g/mol. The van der Waals surface area contributed by atoms with Gasteiger partial charge in [0.1, 0.15) is 11.0 Å². The fourth-order valence-electron chi connectivity index (χ4n) is 3.24. The van der Waals surface area contributed by atoms with Crippen LogP contribution >= 0.6 is 11.3 Å². The van der Waals surface area contributed by atoms with Gasteiger partial charge in [-0.3, -0.25) is 9.59 Å². The Kier molecular flexibility index (Phi) is 6.98. The summed E-state index contributed by atoms with van der Waals surface area (Å²) < 4.78 is 6.17. The highest BCUT2D eigenvalue weighted by molar-refractivity contribution is 7.21. The molecule has 0 unspecified atom stereocenters. The minimum atomic E-state index is -0.891. The Bertz CT molecular complexity index is 1330. The molecule has 34 heavy (non-hydrogen) atoms. The minimum absolute atomic E-state index is 0.391. The maximum atomic E-state index is 12.2. The van der Waals surface area contributed by atoms with Gasteiger partial charge in [0.2, 0.25) is 0 Å². The molecule has 3 aromatic carbocycles. The zero-order valence-electron chi connectivity index (χ0n) is 18.7. The zero-order valence-corrected chi connectivity index (χ0v) is 19.5. The third-order valence-electron chi connectivity index (χ3n) is 5.04. The normalized spacial score (nSPS) is 11.6. The molecule has 1 heterocycles. The highest BCUT2D eigenvalue weighted by Gasteiger charge is 2.19. The van der Waals surface area contributed by atoms with E-state index in [4.69, 9.17) is 4.74 Å². The van der Waals surface area contributed by atoms with Crippen molar-refractivity contribution in [2.45, 2.75) is 19.9 Å². The number of nitrogens with zero attached hydrogens (tertiary/aromatic N) is 1. The summed E-state index contributed by atoms with van der Waals surface area (Å²) in [5.41, 5.74) is 4.11. The number of fused-ring (bicyclic) bond motifs is 1. The van der Waals surface area contributed by atoms with Gasteiger partial charge < -0.3 is 15.4 Å². The van der Waals surface area contributed by atoms with E-state index in [1.54, 1.807) is 53.8 Å². The quantitative estimate of drug-likeness (QED) is 0.383. The first kappa shape index (κ1) is 23.1. The second-order valence-corrected chi connectivity index (χ2v) is 8.82. The molecule has 2 N–H and O–H groups in total. The average Bonchev–Trinajstić information content (AvgIpc) is 3.26. The maximum Gasteiger partial charge on any atom is 0.328 e. The van der Waals surface area contributed by atoms with E-state index in [0.29, 0.717) is 11.3 Å². The van der Waals surface area contributed by atoms with Gasteiger partial charge in [-0.25, -0.2) is 9.78 Å². The van der Waals surface area contributed by atoms with Crippen LogP contribution in [0, 0.1) is 6.92 Å².